The lowest BCUT2D eigenvalue weighted by molar-refractivity contribution is -0.127. The molecule has 1 aliphatic heterocycles. The third-order valence-electron chi connectivity index (χ3n) is 2.91. The van der Waals surface area contributed by atoms with Gasteiger partial charge in [-0.2, -0.15) is 5.10 Å². The second-order valence-electron chi connectivity index (χ2n) is 4.37. The smallest absolute Gasteiger partial charge is 0.223 e. The number of likely N-dealkylation sites (tertiary alicyclic amines) is 1. The van der Waals surface area contributed by atoms with Crippen LogP contribution >= 0.6 is 0 Å². The molecule has 1 aromatic rings. The number of carbonyl (C=O) groups is 1. The molecule has 0 radical (unpaired) electrons. The summed E-state index contributed by atoms with van der Waals surface area (Å²) in [5.41, 5.74) is 1.13. The topological polar surface area (TPSA) is 58.4 Å². The van der Waals surface area contributed by atoms with Crippen molar-refractivity contribution in [1.29, 1.82) is 0 Å². The summed E-state index contributed by atoms with van der Waals surface area (Å²) >= 11 is 0. The molecule has 0 bridgehead atoms. The van der Waals surface area contributed by atoms with E-state index in [1.807, 2.05) is 24.0 Å². The van der Waals surface area contributed by atoms with Crippen LogP contribution in [-0.4, -0.2) is 45.4 Å². The molecule has 2 rings (SSSR count). The van der Waals surface area contributed by atoms with Gasteiger partial charge in [-0.1, -0.05) is 0 Å². The maximum absolute atomic E-state index is 11.6. The highest BCUT2D eigenvalue weighted by molar-refractivity contribution is 5.78. The Labute approximate surface area is 94.7 Å². The van der Waals surface area contributed by atoms with Gasteiger partial charge in [0.1, 0.15) is 0 Å². The second kappa shape index (κ2) is 4.65. The first kappa shape index (κ1) is 11.1. The highest BCUT2D eigenvalue weighted by Crippen LogP contribution is 2.16. The molecule has 1 saturated heterocycles. The van der Waals surface area contributed by atoms with E-state index in [0.717, 1.165) is 12.1 Å². The van der Waals surface area contributed by atoms with Crippen LogP contribution in [0, 0.1) is 12.8 Å². The number of amides is 1. The second-order valence-corrected chi connectivity index (χ2v) is 4.37. The number of aromatic nitrogens is 2. The standard InChI is InChI=1S/C11H17N3O2/c1-9-5-12-14(6-9)3-2-13-7-10(8-15)4-11(13)16/h5-6,10,15H,2-4,7-8H2,1H3. The van der Waals surface area contributed by atoms with Crippen molar-refractivity contribution in [2.75, 3.05) is 19.7 Å². The molecule has 5 nitrogen and oxygen atoms in total. The summed E-state index contributed by atoms with van der Waals surface area (Å²) in [5, 5.41) is 13.2. The summed E-state index contributed by atoms with van der Waals surface area (Å²) in [6.45, 7) is 4.17. The molecule has 1 unspecified atom stereocenters. The molecule has 0 aliphatic carbocycles. The van der Waals surface area contributed by atoms with Crippen molar-refractivity contribution in [1.82, 2.24) is 14.7 Å². The molecule has 1 aromatic heterocycles. The molecule has 0 spiro atoms. The first-order valence-corrected chi connectivity index (χ1v) is 5.56. The van der Waals surface area contributed by atoms with Gasteiger partial charge in [0.15, 0.2) is 0 Å². The Bertz CT molecular complexity index is 375. The lowest BCUT2D eigenvalue weighted by Gasteiger charge is -2.15. The van der Waals surface area contributed by atoms with Gasteiger partial charge in [0.2, 0.25) is 5.91 Å². The Morgan fingerprint density at radius 2 is 2.38 bits per heavy atom. The average molecular weight is 223 g/mol. The number of hydrogen-bond donors (Lipinski definition) is 1. The molecule has 0 saturated carbocycles. The Hall–Kier alpha value is -1.36. The van der Waals surface area contributed by atoms with Gasteiger partial charge in [-0.05, 0) is 12.5 Å². The average Bonchev–Trinajstić information content (AvgIpc) is 2.82. The molecule has 1 amide bonds. The van der Waals surface area contributed by atoms with Crippen molar-refractivity contribution >= 4 is 5.91 Å². The van der Waals surface area contributed by atoms with Crippen LogP contribution < -0.4 is 0 Å². The largest absolute Gasteiger partial charge is 0.396 e. The molecule has 5 heteroatoms. The van der Waals surface area contributed by atoms with Crippen LogP contribution in [0.3, 0.4) is 0 Å². The Morgan fingerprint density at radius 3 is 2.94 bits per heavy atom. The van der Waals surface area contributed by atoms with Crippen LogP contribution in [-0.2, 0) is 11.3 Å². The number of nitrogens with zero attached hydrogens (tertiary/aromatic N) is 3. The fourth-order valence-corrected chi connectivity index (χ4v) is 2.00. The van der Waals surface area contributed by atoms with Crippen molar-refractivity contribution in [2.24, 2.45) is 5.92 Å². The number of hydrogen-bond acceptors (Lipinski definition) is 3. The molecule has 1 aliphatic rings. The number of aliphatic hydroxyl groups excluding tert-OH is 1. The van der Waals surface area contributed by atoms with E-state index in [9.17, 15) is 4.79 Å². The van der Waals surface area contributed by atoms with E-state index in [1.165, 1.54) is 0 Å². The molecule has 88 valence electrons. The Kier molecular flexibility index (Phi) is 3.24. The van der Waals surface area contributed by atoms with Gasteiger partial charge in [-0.15, -0.1) is 0 Å². The molecule has 0 aromatic carbocycles. The van der Waals surface area contributed by atoms with E-state index in [1.54, 1.807) is 4.90 Å². The van der Waals surface area contributed by atoms with Gasteiger partial charge in [-0.25, -0.2) is 0 Å². The summed E-state index contributed by atoms with van der Waals surface area (Å²) < 4.78 is 1.84. The first-order valence-electron chi connectivity index (χ1n) is 5.56. The zero-order chi connectivity index (χ0) is 11.5. The Morgan fingerprint density at radius 1 is 1.56 bits per heavy atom. The minimum absolute atomic E-state index is 0.100. The zero-order valence-corrected chi connectivity index (χ0v) is 9.46. The molecule has 1 atom stereocenters. The van der Waals surface area contributed by atoms with Crippen LogP contribution in [0.2, 0.25) is 0 Å². The van der Waals surface area contributed by atoms with Crippen LogP contribution in [0.1, 0.15) is 12.0 Å². The van der Waals surface area contributed by atoms with E-state index >= 15 is 0 Å². The van der Waals surface area contributed by atoms with Crippen LogP contribution in [0.5, 0.6) is 0 Å². The third-order valence-corrected chi connectivity index (χ3v) is 2.91. The first-order chi connectivity index (χ1) is 7.69. The van der Waals surface area contributed by atoms with Gasteiger partial charge >= 0.3 is 0 Å². The predicted octanol–water partition coefficient (Wildman–Crippen LogP) is 0.0323. The number of rotatable bonds is 4. The number of carbonyl (C=O) groups excluding carboxylic acids is 1. The normalized spacial score (nSPS) is 20.8. The number of aliphatic hydroxyl groups is 1. The number of aryl methyl sites for hydroxylation is 1. The molecule has 16 heavy (non-hydrogen) atoms. The van der Waals surface area contributed by atoms with Gasteiger partial charge in [-0.3, -0.25) is 9.48 Å². The van der Waals surface area contributed by atoms with Crippen molar-refractivity contribution < 1.29 is 9.90 Å². The summed E-state index contributed by atoms with van der Waals surface area (Å²) in [5.74, 6) is 0.259. The van der Waals surface area contributed by atoms with E-state index in [4.69, 9.17) is 5.11 Å². The highest BCUT2D eigenvalue weighted by atomic mass is 16.3. The van der Waals surface area contributed by atoms with Crippen molar-refractivity contribution in [3.8, 4) is 0 Å². The lowest BCUT2D eigenvalue weighted by Crippen LogP contribution is -2.29. The maximum Gasteiger partial charge on any atom is 0.223 e. The molecule has 2 heterocycles. The van der Waals surface area contributed by atoms with Crippen LogP contribution in [0.15, 0.2) is 12.4 Å². The predicted molar refractivity (Wildman–Crippen MR) is 58.7 cm³/mol. The fraction of sp³-hybridized carbons (Fsp3) is 0.636. The summed E-state index contributed by atoms with van der Waals surface area (Å²) in [6, 6.07) is 0. The van der Waals surface area contributed by atoms with Gasteiger partial charge in [0, 0.05) is 38.2 Å². The minimum Gasteiger partial charge on any atom is -0.396 e. The Balaban J connectivity index is 1.84. The lowest BCUT2D eigenvalue weighted by atomic mass is 10.1. The van der Waals surface area contributed by atoms with E-state index in [0.29, 0.717) is 19.5 Å². The van der Waals surface area contributed by atoms with Gasteiger partial charge in [0.05, 0.1) is 12.7 Å². The van der Waals surface area contributed by atoms with Crippen molar-refractivity contribution in [2.45, 2.75) is 19.9 Å². The van der Waals surface area contributed by atoms with Gasteiger partial charge < -0.3 is 10.0 Å². The van der Waals surface area contributed by atoms with Gasteiger partial charge in [0.25, 0.3) is 0 Å². The molecular weight excluding hydrogens is 206 g/mol. The third kappa shape index (κ3) is 2.41. The van der Waals surface area contributed by atoms with E-state index in [2.05, 4.69) is 5.10 Å². The molecule has 1 fully saturated rings. The molecular formula is C11H17N3O2. The van der Waals surface area contributed by atoms with Crippen LogP contribution in [0.25, 0.3) is 0 Å². The highest BCUT2D eigenvalue weighted by Gasteiger charge is 2.28. The SMILES string of the molecule is Cc1cnn(CCN2CC(CO)CC2=O)c1. The van der Waals surface area contributed by atoms with E-state index < -0.39 is 0 Å². The zero-order valence-electron chi connectivity index (χ0n) is 9.46. The van der Waals surface area contributed by atoms with Crippen molar-refractivity contribution in [3.63, 3.8) is 0 Å². The maximum atomic E-state index is 11.6. The summed E-state index contributed by atoms with van der Waals surface area (Å²) in [6.07, 6.45) is 4.25. The van der Waals surface area contributed by atoms with Crippen molar-refractivity contribution in [3.05, 3.63) is 18.0 Å². The summed E-state index contributed by atoms with van der Waals surface area (Å²) in [7, 11) is 0. The molecule has 1 N–H and O–H groups in total. The minimum atomic E-state index is 0.100. The van der Waals surface area contributed by atoms with Crippen LogP contribution in [0.4, 0.5) is 0 Å². The fourth-order valence-electron chi connectivity index (χ4n) is 2.00. The van der Waals surface area contributed by atoms with E-state index in [-0.39, 0.29) is 18.4 Å². The monoisotopic (exact) mass is 223 g/mol. The summed E-state index contributed by atoms with van der Waals surface area (Å²) in [4.78, 5) is 13.4. The quantitative estimate of drug-likeness (QED) is 0.783.